The fourth-order valence-electron chi connectivity index (χ4n) is 4.51. The van der Waals surface area contributed by atoms with Crippen molar-refractivity contribution >= 4 is 17.9 Å². The van der Waals surface area contributed by atoms with Crippen LogP contribution in [0.15, 0.2) is 60.7 Å². The fourth-order valence-corrected chi connectivity index (χ4v) is 4.51. The van der Waals surface area contributed by atoms with Gasteiger partial charge in [-0.25, -0.2) is 0 Å². The van der Waals surface area contributed by atoms with Crippen molar-refractivity contribution in [2.24, 2.45) is 5.92 Å². The van der Waals surface area contributed by atoms with Crippen molar-refractivity contribution in [2.45, 2.75) is 58.5 Å². The molecule has 1 aliphatic rings. The van der Waals surface area contributed by atoms with E-state index in [1.54, 1.807) is 6.08 Å². The van der Waals surface area contributed by atoms with Crippen LogP contribution in [0.4, 0.5) is 0 Å². The van der Waals surface area contributed by atoms with Gasteiger partial charge in [0.05, 0.1) is 19.6 Å². The third kappa shape index (κ3) is 7.15. The maximum atomic E-state index is 13.3. The summed E-state index contributed by atoms with van der Waals surface area (Å²) in [5, 5.41) is 11.6. The molecule has 3 rings (SSSR count). The van der Waals surface area contributed by atoms with Crippen LogP contribution >= 0.6 is 0 Å². The highest BCUT2D eigenvalue weighted by Crippen LogP contribution is 2.28. The molecule has 1 heterocycles. The summed E-state index contributed by atoms with van der Waals surface area (Å²) >= 11 is 0. The molecule has 2 aromatic rings. The molecule has 34 heavy (non-hydrogen) atoms. The number of halogens is 1. The van der Waals surface area contributed by atoms with Crippen LogP contribution in [-0.4, -0.2) is 36.1 Å². The maximum Gasteiger partial charge on any atom is 0.167 e. The summed E-state index contributed by atoms with van der Waals surface area (Å²) < 4.78 is 0. The topological polar surface area (TPSA) is 41.7 Å². The second-order valence-electron chi connectivity index (χ2n) is 10.1. The molecule has 0 aromatic heterocycles. The molecule has 0 radical (unpaired) electrons. The van der Waals surface area contributed by atoms with E-state index in [0.717, 1.165) is 24.2 Å². The van der Waals surface area contributed by atoms with Gasteiger partial charge in [0.25, 0.3) is 0 Å². The Hall–Kier alpha value is -2.20. The van der Waals surface area contributed by atoms with E-state index in [4.69, 9.17) is 0 Å². The number of ketones is 1. The molecule has 3 nitrogen and oxygen atoms in total. The summed E-state index contributed by atoms with van der Waals surface area (Å²) in [6.45, 7) is 13.3. The number of benzene rings is 2. The van der Waals surface area contributed by atoms with Crippen molar-refractivity contribution in [2.75, 3.05) is 19.6 Å². The molecular formula is C30H40ClNO2. The van der Waals surface area contributed by atoms with Crippen LogP contribution in [0.2, 0.25) is 0 Å². The Morgan fingerprint density at radius 3 is 1.94 bits per heavy atom. The summed E-state index contributed by atoms with van der Waals surface area (Å²) in [6, 6.07) is 16.8. The molecule has 0 saturated carbocycles. The van der Waals surface area contributed by atoms with Crippen molar-refractivity contribution in [1.82, 2.24) is 0 Å². The number of rotatable bonds is 8. The van der Waals surface area contributed by atoms with Gasteiger partial charge in [0.2, 0.25) is 0 Å². The number of likely N-dealkylation sites (tertiary alicyclic amines) is 1. The van der Waals surface area contributed by atoms with E-state index in [-0.39, 0.29) is 18.2 Å². The van der Waals surface area contributed by atoms with Gasteiger partial charge in [-0.2, -0.15) is 0 Å². The zero-order valence-electron chi connectivity index (χ0n) is 21.2. The fraction of sp³-hybridized carbons (Fsp3) is 0.433. The predicted octanol–water partition coefficient (Wildman–Crippen LogP) is 1.89. The SMILES string of the molecule is CC[NH+]1CC[C@@](O)(/C=C/c2ccc(C(C)C)cc2)[C@H](C(=O)/C=C/c2ccc(C(C)C)cc2)C1.[Cl-]. The first-order chi connectivity index (χ1) is 15.7. The van der Waals surface area contributed by atoms with Gasteiger partial charge in [0.1, 0.15) is 11.5 Å². The first-order valence-corrected chi connectivity index (χ1v) is 12.4. The first-order valence-electron chi connectivity index (χ1n) is 12.4. The molecule has 2 aromatic carbocycles. The molecule has 4 heteroatoms. The number of quaternary nitrogens is 1. The lowest BCUT2D eigenvalue weighted by atomic mass is 9.77. The molecular weight excluding hydrogens is 442 g/mol. The largest absolute Gasteiger partial charge is 1.00 e. The van der Waals surface area contributed by atoms with Gasteiger partial charge in [-0.3, -0.25) is 4.79 Å². The van der Waals surface area contributed by atoms with Gasteiger partial charge in [-0.05, 0) is 47.1 Å². The Morgan fingerprint density at radius 1 is 0.971 bits per heavy atom. The number of hydrogen-bond donors (Lipinski definition) is 2. The lowest BCUT2D eigenvalue weighted by Gasteiger charge is -2.39. The molecule has 0 aliphatic carbocycles. The van der Waals surface area contributed by atoms with E-state index in [1.807, 2.05) is 18.2 Å². The normalized spacial score (nSPS) is 23.1. The molecule has 1 unspecified atom stereocenters. The number of aliphatic hydroxyl groups is 1. The molecule has 0 bridgehead atoms. The van der Waals surface area contributed by atoms with Gasteiger partial charge >= 0.3 is 0 Å². The summed E-state index contributed by atoms with van der Waals surface area (Å²) in [4.78, 5) is 14.6. The molecule has 2 N–H and O–H groups in total. The highest BCUT2D eigenvalue weighted by molar-refractivity contribution is 5.96. The molecule has 1 fully saturated rings. The molecule has 0 amide bonds. The monoisotopic (exact) mass is 481 g/mol. The van der Waals surface area contributed by atoms with Crippen LogP contribution in [0.5, 0.6) is 0 Å². The number of allylic oxidation sites excluding steroid dienone is 1. The Kier molecular flexibility index (Phi) is 10.3. The van der Waals surface area contributed by atoms with Crippen LogP contribution in [-0.2, 0) is 4.79 Å². The van der Waals surface area contributed by atoms with E-state index in [2.05, 4.69) is 83.1 Å². The third-order valence-electron chi connectivity index (χ3n) is 7.03. The Morgan fingerprint density at radius 2 is 1.47 bits per heavy atom. The standard InChI is InChI=1S/C30H39NO2.ClH/c1-6-31-20-19-30(33,18-17-25-9-14-27(15-10-25)23(4)5)28(21-31)29(32)16-11-24-7-12-26(13-8-24)22(2)3;/h7-18,22-23,28,33H,6,19-21H2,1-5H3;1H/b16-11+,18-17+;/t28-,30-;/m0./s1. The number of nitrogens with one attached hydrogen (secondary N) is 1. The third-order valence-corrected chi connectivity index (χ3v) is 7.03. The highest BCUT2D eigenvalue weighted by Gasteiger charge is 2.44. The van der Waals surface area contributed by atoms with E-state index in [0.29, 0.717) is 24.8 Å². The van der Waals surface area contributed by atoms with Crippen molar-refractivity contribution in [3.05, 3.63) is 82.9 Å². The van der Waals surface area contributed by atoms with Crippen molar-refractivity contribution in [3.63, 3.8) is 0 Å². The minimum atomic E-state index is -1.13. The number of carbonyl (C=O) groups is 1. The lowest BCUT2D eigenvalue weighted by Crippen LogP contribution is -3.14. The van der Waals surface area contributed by atoms with Crippen molar-refractivity contribution in [3.8, 4) is 0 Å². The molecule has 1 saturated heterocycles. The zero-order chi connectivity index (χ0) is 24.0. The predicted molar refractivity (Wildman–Crippen MR) is 138 cm³/mol. The van der Waals surface area contributed by atoms with Crippen LogP contribution in [0.1, 0.15) is 75.1 Å². The first kappa shape index (κ1) is 28.0. The van der Waals surface area contributed by atoms with Gasteiger partial charge in [-0.1, -0.05) is 94.5 Å². The average Bonchev–Trinajstić information content (AvgIpc) is 2.82. The van der Waals surface area contributed by atoms with Crippen molar-refractivity contribution < 1.29 is 27.2 Å². The zero-order valence-corrected chi connectivity index (χ0v) is 22.0. The van der Waals surface area contributed by atoms with E-state index >= 15 is 0 Å². The summed E-state index contributed by atoms with van der Waals surface area (Å²) in [5.41, 5.74) is 3.51. The van der Waals surface area contributed by atoms with E-state index in [1.165, 1.54) is 16.0 Å². The summed E-state index contributed by atoms with van der Waals surface area (Å²) in [5.74, 6) is 0.525. The lowest BCUT2D eigenvalue weighted by molar-refractivity contribution is -0.908. The Bertz CT molecular complexity index is 976. The summed E-state index contributed by atoms with van der Waals surface area (Å²) in [7, 11) is 0. The second kappa shape index (κ2) is 12.5. The van der Waals surface area contributed by atoms with Crippen molar-refractivity contribution in [1.29, 1.82) is 0 Å². The molecule has 3 atom stereocenters. The Balaban J connectivity index is 0.00000408. The quantitative estimate of drug-likeness (QED) is 0.565. The van der Waals surface area contributed by atoms with Gasteiger partial charge in [-0.15, -0.1) is 0 Å². The number of carbonyl (C=O) groups excluding carboxylic acids is 1. The average molecular weight is 482 g/mol. The highest BCUT2D eigenvalue weighted by atomic mass is 35.5. The maximum absolute atomic E-state index is 13.3. The number of hydrogen-bond acceptors (Lipinski definition) is 2. The Labute approximate surface area is 212 Å². The summed E-state index contributed by atoms with van der Waals surface area (Å²) in [6.07, 6.45) is 7.95. The van der Waals surface area contributed by atoms with Crippen LogP contribution < -0.4 is 17.3 Å². The second-order valence-corrected chi connectivity index (χ2v) is 10.1. The van der Waals surface area contributed by atoms with Crippen LogP contribution in [0.25, 0.3) is 12.2 Å². The van der Waals surface area contributed by atoms with Gasteiger partial charge in [0.15, 0.2) is 5.78 Å². The van der Waals surface area contributed by atoms with Crippen LogP contribution in [0.3, 0.4) is 0 Å². The molecule has 184 valence electrons. The molecule has 1 aliphatic heterocycles. The van der Waals surface area contributed by atoms with Crippen LogP contribution in [0, 0.1) is 5.92 Å². The van der Waals surface area contributed by atoms with Gasteiger partial charge < -0.3 is 22.4 Å². The minimum Gasteiger partial charge on any atom is -1.00 e. The smallest absolute Gasteiger partial charge is 0.167 e. The van der Waals surface area contributed by atoms with Gasteiger partial charge in [0, 0.05) is 6.42 Å². The van der Waals surface area contributed by atoms with E-state index < -0.39 is 11.5 Å². The number of piperidine rings is 1. The molecule has 0 spiro atoms. The van der Waals surface area contributed by atoms with E-state index in [9.17, 15) is 9.90 Å². The minimum absolute atomic E-state index is 0.